The Morgan fingerprint density at radius 1 is 1.29 bits per heavy atom. The molecule has 0 amide bonds. The van der Waals surface area contributed by atoms with Crippen molar-refractivity contribution < 1.29 is 33.0 Å². The van der Waals surface area contributed by atoms with Gasteiger partial charge in [0.2, 0.25) is 0 Å². The van der Waals surface area contributed by atoms with Gasteiger partial charge in [-0.1, -0.05) is 31.4 Å². The summed E-state index contributed by atoms with van der Waals surface area (Å²) in [6.07, 6.45) is 5.22. The van der Waals surface area contributed by atoms with Gasteiger partial charge < -0.3 is 14.3 Å². The van der Waals surface area contributed by atoms with Crippen LogP contribution in [0.25, 0.3) is 0 Å². The quantitative estimate of drug-likeness (QED) is 0.0832. The van der Waals surface area contributed by atoms with Gasteiger partial charge in [-0.25, -0.2) is 8.78 Å². The Morgan fingerprint density at radius 2 is 2.03 bits per heavy atom. The average molecular weight is 496 g/mol. The Labute approximate surface area is 204 Å². The van der Waals surface area contributed by atoms with Crippen LogP contribution < -0.4 is 9.47 Å². The molecule has 0 spiro atoms. The molecule has 0 saturated carbocycles. The van der Waals surface area contributed by atoms with Gasteiger partial charge in [0.1, 0.15) is 17.1 Å². The zero-order chi connectivity index (χ0) is 25.8. The number of allylic oxidation sites excluding steroid dienone is 2. The Hall–Kier alpha value is -2.71. The van der Waals surface area contributed by atoms with E-state index < -0.39 is 22.6 Å². The van der Waals surface area contributed by atoms with Gasteiger partial charge >= 0.3 is 5.97 Å². The summed E-state index contributed by atoms with van der Waals surface area (Å²) in [5, 5.41) is 9.39. The maximum Gasteiger partial charge on any atom is 0.311 e. The van der Waals surface area contributed by atoms with Gasteiger partial charge in [0.25, 0.3) is 11.0 Å². The highest BCUT2D eigenvalue weighted by molar-refractivity contribution is 5.73. The number of hydrogen-bond acceptors (Lipinski definition) is 6. The van der Waals surface area contributed by atoms with Gasteiger partial charge in [-0.3, -0.25) is 4.79 Å². The SMILES string of the molecule is CCCCCC(F)(F)c1cc(OC(=O)CCCO[N+](=O)[O-])c2c(c1)OC(C)(C)[C@@H]1CC=C(C)C[C@@H]21. The third-order valence-corrected chi connectivity index (χ3v) is 6.95. The molecule has 0 unspecified atom stereocenters. The summed E-state index contributed by atoms with van der Waals surface area (Å²) >= 11 is 0. The fourth-order valence-electron chi connectivity index (χ4n) is 5.11. The van der Waals surface area contributed by atoms with E-state index in [1.807, 2.05) is 27.7 Å². The summed E-state index contributed by atoms with van der Waals surface area (Å²) in [5.74, 6) is -3.28. The van der Waals surface area contributed by atoms with Crippen LogP contribution in [0.15, 0.2) is 23.8 Å². The van der Waals surface area contributed by atoms with E-state index in [0.29, 0.717) is 24.2 Å². The molecule has 0 bridgehead atoms. The van der Waals surface area contributed by atoms with Crippen LogP contribution in [-0.4, -0.2) is 23.3 Å². The number of fused-ring (bicyclic) bond motifs is 3. The summed E-state index contributed by atoms with van der Waals surface area (Å²) in [6.45, 7) is 7.68. The lowest BCUT2D eigenvalue weighted by Gasteiger charge is -2.47. The number of nitrogens with zero attached hydrogens (tertiary/aromatic N) is 1. The highest BCUT2D eigenvalue weighted by Crippen LogP contribution is 2.55. The molecule has 2 atom stereocenters. The van der Waals surface area contributed by atoms with Crippen LogP contribution in [0.5, 0.6) is 11.5 Å². The first kappa shape index (κ1) is 26.9. The van der Waals surface area contributed by atoms with E-state index in [1.54, 1.807) is 0 Å². The number of carbonyl (C=O) groups is 1. The van der Waals surface area contributed by atoms with E-state index in [2.05, 4.69) is 10.9 Å². The average Bonchev–Trinajstić information content (AvgIpc) is 2.75. The van der Waals surface area contributed by atoms with E-state index in [0.717, 1.165) is 19.3 Å². The topological polar surface area (TPSA) is 87.9 Å². The van der Waals surface area contributed by atoms with E-state index in [9.17, 15) is 14.9 Å². The van der Waals surface area contributed by atoms with Gasteiger partial charge in [0.15, 0.2) is 0 Å². The molecule has 35 heavy (non-hydrogen) atoms. The molecule has 1 heterocycles. The van der Waals surface area contributed by atoms with Crippen molar-refractivity contribution in [2.75, 3.05) is 6.61 Å². The Kier molecular flexibility index (Phi) is 8.38. The largest absolute Gasteiger partial charge is 0.487 e. The van der Waals surface area contributed by atoms with Gasteiger partial charge in [-0.15, -0.1) is 10.1 Å². The molecular weight excluding hydrogens is 460 g/mol. The van der Waals surface area contributed by atoms with Gasteiger partial charge in [-0.05, 0) is 58.6 Å². The van der Waals surface area contributed by atoms with Crippen LogP contribution in [0.2, 0.25) is 0 Å². The fraction of sp³-hybridized carbons (Fsp3) is 0.654. The number of esters is 1. The Bertz CT molecular complexity index is 975. The highest BCUT2D eigenvalue weighted by Gasteiger charge is 2.47. The number of alkyl halides is 2. The zero-order valence-electron chi connectivity index (χ0n) is 20.9. The van der Waals surface area contributed by atoms with Crippen molar-refractivity contribution in [3.8, 4) is 11.5 Å². The van der Waals surface area contributed by atoms with Crippen LogP contribution in [0.4, 0.5) is 8.78 Å². The molecule has 1 aliphatic carbocycles. The van der Waals surface area contributed by atoms with Crippen LogP contribution in [0, 0.1) is 16.0 Å². The summed E-state index contributed by atoms with van der Waals surface area (Å²) < 4.78 is 42.3. The lowest BCUT2D eigenvalue weighted by atomic mass is 9.67. The second-order valence-corrected chi connectivity index (χ2v) is 10.1. The number of hydrogen-bond donors (Lipinski definition) is 0. The number of benzene rings is 1. The molecule has 0 fully saturated rings. The van der Waals surface area contributed by atoms with Gasteiger partial charge in [0.05, 0.1) is 6.61 Å². The monoisotopic (exact) mass is 495 g/mol. The van der Waals surface area contributed by atoms with E-state index in [-0.39, 0.29) is 49.0 Å². The first-order valence-electron chi connectivity index (χ1n) is 12.3. The molecule has 3 rings (SSSR count). The number of ether oxygens (including phenoxy) is 2. The Morgan fingerprint density at radius 3 is 2.71 bits per heavy atom. The molecule has 1 aliphatic heterocycles. The number of halogens is 2. The molecule has 0 N–H and O–H groups in total. The van der Waals surface area contributed by atoms with Crippen LogP contribution >= 0.6 is 0 Å². The number of carbonyl (C=O) groups excluding carboxylic acids is 1. The molecule has 0 radical (unpaired) electrons. The standard InChI is InChI=1S/C26H35F2NO6/c1-5-6-7-12-26(27,28)18-15-21(34-23(30)9-8-13-33-29(31)32)24-19-14-17(2)10-11-20(19)25(3,4)35-22(24)16-18/h10,15-16,19-20H,5-9,11-14H2,1-4H3/t19-,20-/m1/s1. The summed E-state index contributed by atoms with van der Waals surface area (Å²) in [5.41, 5.74) is 1.03. The van der Waals surface area contributed by atoms with Crippen molar-refractivity contribution in [3.05, 3.63) is 45.0 Å². The van der Waals surface area contributed by atoms with Crippen molar-refractivity contribution in [1.29, 1.82) is 0 Å². The lowest BCUT2D eigenvalue weighted by molar-refractivity contribution is -0.757. The number of unbranched alkanes of at least 4 members (excludes halogenated alkanes) is 2. The van der Waals surface area contributed by atoms with Crippen molar-refractivity contribution in [2.24, 2.45) is 5.92 Å². The van der Waals surface area contributed by atoms with Crippen LogP contribution in [-0.2, 0) is 15.6 Å². The van der Waals surface area contributed by atoms with E-state index >= 15 is 8.78 Å². The third kappa shape index (κ3) is 6.49. The fourth-order valence-corrected chi connectivity index (χ4v) is 5.11. The first-order valence-corrected chi connectivity index (χ1v) is 12.3. The first-order chi connectivity index (χ1) is 16.4. The van der Waals surface area contributed by atoms with Crippen molar-refractivity contribution >= 4 is 5.97 Å². The Balaban J connectivity index is 1.97. The van der Waals surface area contributed by atoms with E-state index in [1.165, 1.54) is 17.7 Å². The maximum absolute atomic E-state index is 15.2. The number of rotatable bonds is 11. The van der Waals surface area contributed by atoms with Gasteiger partial charge in [-0.2, -0.15) is 0 Å². The van der Waals surface area contributed by atoms with Crippen molar-refractivity contribution in [2.45, 2.75) is 96.5 Å². The molecular formula is C26H35F2NO6. The lowest BCUT2D eigenvalue weighted by Crippen LogP contribution is -2.45. The van der Waals surface area contributed by atoms with Crippen LogP contribution in [0.1, 0.15) is 96.1 Å². The normalized spacial score (nSPS) is 20.7. The molecule has 194 valence electrons. The van der Waals surface area contributed by atoms with Crippen molar-refractivity contribution in [1.82, 2.24) is 0 Å². The highest BCUT2D eigenvalue weighted by atomic mass is 19.3. The molecule has 0 aromatic heterocycles. The second kappa shape index (κ2) is 10.9. The smallest absolute Gasteiger partial charge is 0.311 e. The predicted octanol–water partition coefficient (Wildman–Crippen LogP) is 6.86. The summed E-state index contributed by atoms with van der Waals surface area (Å²) in [7, 11) is 0. The zero-order valence-corrected chi connectivity index (χ0v) is 20.9. The second-order valence-electron chi connectivity index (χ2n) is 10.1. The molecule has 1 aromatic carbocycles. The maximum atomic E-state index is 15.2. The van der Waals surface area contributed by atoms with E-state index in [4.69, 9.17) is 9.47 Å². The molecule has 9 heteroatoms. The summed E-state index contributed by atoms with van der Waals surface area (Å²) in [4.78, 5) is 27.1. The minimum Gasteiger partial charge on any atom is -0.487 e. The minimum absolute atomic E-state index is 0.0397. The van der Waals surface area contributed by atoms with Gasteiger partial charge in [0, 0.05) is 35.8 Å². The van der Waals surface area contributed by atoms with Crippen molar-refractivity contribution in [3.63, 3.8) is 0 Å². The third-order valence-electron chi connectivity index (χ3n) is 6.95. The molecule has 2 aliphatic rings. The summed E-state index contributed by atoms with van der Waals surface area (Å²) in [6, 6.07) is 2.69. The van der Waals surface area contributed by atoms with Crippen LogP contribution in [0.3, 0.4) is 0 Å². The predicted molar refractivity (Wildman–Crippen MR) is 126 cm³/mol. The molecule has 7 nitrogen and oxygen atoms in total. The molecule has 0 saturated heterocycles. The molecule has 1 aromatic rings. The minimum atomic E-state index is -3.10.